The lowest BCUT2D eigenvalue weighted by atomic mass is 10.3. The fourth-order valence-corrected chi connectivity index (χ4v) is 2.61. The Balaban J connectivity index is 1.99. The van der Waals surface area contributed by atoms with Crippen LogP contribution in [-0.4, -0.2) is 26.0 Å². The van der Waals surface area contributed by atoms with Gasteiger partial charge in [-0.15, -0.1) is 0 Å². The van der Waals surface area contributed by atoms with Gasteiger partial charge in [-0.05, 0) is 36.0 Å². The number of H-pyrrole nitrogens is 1. The maximum atomic E-state index is 11.1. The van der Waals surface area contributed by atoms with E-state index in [1.165, 1.54) is 18.0 Å². The van der Waals surface area contributed by atoms with Crippen LogP contribution < -0.4 is 0 Å². The lowest BCUT2D eigenvalue weighted by molar-refractivity contribution is 0.0686. The molecule has 3 rings (SSSR count). The number of pyridine rings is 1. The number of aromatic carboxylic acids is 1. The van der Waals surface area contributed by atoms with Gasteiger partial charge in [0.15, 0.2) is 10.9 Å². The number of rotatable bonds is 3. The lowest BCUT2D eigenvalue weighted by Gasteiger charge is -2.01. The number of para-hydroxylation sites is 2. The normalized spacial score (nSPS) is 10.7. The van der Waals surface area contributed by atoms with Crippen molar-refractivity contribution < 1.29 is 9.90 Å². The highest BCUT2D eigenvalue weighted by molar-refractivity contribution is 7.99. The van der Waals surface area contributed by atoms with Crippen LogP contribution in [0.3, 0.4) is 0 Å². The number of aromatic nitrogens is 3. The minimum atomic E-state index is -1.04. The molecule has 0 fully saturated rings. The molecule has 3 aromatic rings. The lowest BCUT2D eigenvalue weighted by Crippen LogP contribution is -2.01. The Labute approximate surface area is 112 Å². The van der Waals surface area contributed by atoms with Gasteiger partial charge in [-0.2, -0.15) is 0 Å². The molecule has 0 saturated heterocycles. The SMILES string of the molecule is O=C(O)c1ncccc1Sc1nc2ccccc2[nH]1. The number of carboxylic acid groups (broad SMARTS) is 1. The third-order valence-corrected chi connectivity index (χ3v) is 3.48. The molecule has 5 nitrogen and oxygen atoms in total. The third kappa shape index (κ3) is 2.30. The zero-order chi connectivity index (χ0) is 13.2. The molecule has 19 heavy (non-hydrogen) atoms. The van der Waals surface area contributed by atoms with E-state index in [1.54, 1.807) is 12.1 Å². The summed E-state index contributed by atoms with van der Waals surface area (Å²) in [5.74, 6) is -1.04. The second-order valence-electron chi connectivity index (χ2n) is 3.82. The number of nitrogens with one attached hydrogen (secondary N) is 1. The van der Waals surface area contributed by atoms with E-state index in [1.807, 2.05) is 24.3 Å². The van der Waals surface area contributed by atoms with Crippen LogP contribution in [-0.2, 0) is 0 Å². The Morgan fingerprint density at radius 1 is 1.21 bits per heavy atom. The standard InChI is InChI=1S/C13H9N3O2S/c17-12(18)11-10(6-3-7-14-11)19-13-15-8-4-1-2-5-9(8)16-13/h1-7H,(H,15,16)(H,17,18). The summed E-state index contributed by atoms with van der Waals surface area (Å²) in [6.07, 6.45) is 1.46. The average Bonchev–Trinajstić information content (AvgIpc) is 2.81. The molecule has 0 aliphatic heterocycles. The van der Waals surface area contributed by atoms with Crippen molar-refractivity contribution in [3.8, 4) is 0 Å². The first-order valence-corrected chi connectivity index (χ1v) is 6.36. The zero-order valence-corrected chi connectivity index (χ0v) is 10.5. The summed E-state index contributed by atoms with van der Waals surface area (Å²) in [5, 5.41) is 9.73. The van der Waals surface area contributed by atoms with E-state index < -0.39 is 5.97 Å². The van der Waals surface area contributed by atoms with Crippen molar-refractivity contribution in [3.05, 3.63) is 48.3 Å². The van der Waals surface area contributed by atoms with Crippen molar-refractivity contribution in [2.24, 2.45) is 0 Å². The summed E-state index contributed by atoms with van der Waals surface area (Å²) in [6.45, 7) is 0. The average molecular weight is 271 g/mol. The molecule has 0 atom stereocenters. The number of imidazole rings is 1. The summed E-state index contributed by atoms with van der Waals surface area (Å²) in [6, 6.07) is 11.1. The number of hydrogen-bond donors (Lipinski definition) is 2. The van der Waals surface area contributed by atoms with Crippen LogP contribution in [0, 0.1) is 0 Å². The minimum absolute atomic E-state index is 0.0351. The number of carboxylic acids is 1. The fourth-order valence-electron chi connectivity index (χ4n) is 1.72. The van der Waals surface area contributed by atoms with E-state index in [0.29, 0.717) is 10.1 Å². The molecule has 1 aromatic carbocycles. The molecule has 0 unspecified atom stereocenters. The second kappa shape index (κ2) is 4.74. The predicted octanol–water partition coefficient (Wildman–Crippen LogP) is 2.81. The Bertz CT molecular complexity index is 721. The number of aromatic amines is 1. The molecule has 94 valence electrons. The van der Waals surface area contributed by atoms with Crippen molar-refractivity contribution in [1.29, 1.82) is 0 Å². The van der Waals surface area contributed by atoms with E-state index in [0.717, 1.165) is 11.0 Å². The van der Waals surface area contributed by atoms with Crippen LogP contribution in [0.5, 0.6) is 0 Å². The highest BCUT2D eigenvalue weighted by Gasteiger charge is 2.13. The van der Waals surface area contributed by atoms with Crippen molar-refractivity contribution in [2.75, 3.05) is 0 Å². The fraction of sp³-hybridized carbons (Fsp3) is 0. The molecular weight excluding hydrogens is 262 g/mol. The molecular formula is C13H9N3O2S. The van der Waals surface area contributed by atoms with Crippen LogP contribution in [0.15, 0.2) is 52.6 Å². The summed E-state index contributed by atoms with van der Waals surface area (Å²) in [4.78, 5) is 23.0. The Morgan fingerprint density at radius 2 is 2.05 bits per heavy atom. The minimum Gasteiger partial charge on any atom is -0.476 e. The number of benzene rings is 1. The van der Waals surface area contributed by atoms with Crippen molar-refractivity contribution in [2.45, 2.75) is 10.1 Å². The van der Waals surface area contributed by atoms with Gasteiger partial charge in [0, 0.05) is 11.1 Å². The summed E-state index contributed by atoms with van der Waals surface area (Å²) in [7, 11) is 0. The van der Waals surface area contributed by atoms with E-state index >= 15 is 0 Å². The quantitative estimate of drug-likeness (QED) is 0.765. The van der Waals surface area contributed by atoms with Crippen LogP contribution in [0.2, 0.25) is 0 Å². The zero-order valence-electron chi connectivity index (χ0n) is 9.70. The number of fused-ring (bicyclic) bond motifs is 1. The van der Waals surface area contributed by atoms with Gasteiger partial charge in [0.1, 0.15) is 0 Å². The number of nitrogens with zero attached hydrogens (tertiary/aromatic N) is 2. The molecule has 0 bridgehead atoms. The number of hydrogen-bond acceptors (Lipinski definition) is 4. The molecule has 2 aromatic heterocycles. The van der Waals surface area contributed by atoms with E-state index in [2.05, 4.69) is 15.0 Å². The van der Waals surface area contributed by atoms with Gasteiger partial charge in [-0.25, -0.2) is 14.8 Å². The van der Waals surface area contributed by atoms with Gasteiger partial charge in [0.2, 0.25) is 0 Å². The van der Waals surface area contributed by atoms with Gasteiger partial charge in [0.25, 0.3) is 0 Å². The van der Waals surface area contributed by atoms with Gasteiger partial charge < -0.3 is 10.1 Å². The molecule has 6 heteroatoms. The van der Waals surface area contributed by atoms with Crippen molar-refractivity contribution in [1.82, 2.24) is 15.0 Å². The van der Waals surface area contributed by atoms with E-state index in [-0.39, 0.29) is 5.69 Å². The van der Waals surface area contributed by atoms with Gasteiger partial charge in [-0.1, -0.05) is 12.1 Å². The molecule has 0 saturated carbocycles. The molecule has 2 N–H and O–H groups in total. The van der Waals surface area contributed by atoms with Crippen LogP contribution in [0.4, 0.5) is 0 Å². The first-order valence-electron chi connectivity index (χ1n) is 5.55. The molecule has 0 spiro atoms. The third-order valence-electron chi connectivity index (χ3n) is 2.55. The van der Waals surface area contributed by atoms with E-state index in [9.17, 15) is 4.79 Å². The Kier molecular flexibility index (Phi) is 2.92. The molecule has 0 aliphatic rings. The predicted molar refractivity (Wildman–Crippen MR) is 71.4 cm³/mol. The smallest absolute Gasteiger partial charge is 0.355 e. The van der Waals surface area contributed by atoms with Crippen molar-refractivity contribution in [3.63, 3.8) is 0 Å². The molecule has 0 radical (unpaired) electrons. The Morgan fingerprint density at radius 3 is 2.84 bits per heavy atom. The first-order chi connectivity index (χ1) is 9.24. The second-order valence-corrected chi connectivity index (χ2v) is 4.85. The van der Waals surface area contributed by atoms with Gasteiger partial charge in [-0.3, -0.25) is 0 Å². The van der Waals surface area contributed by atoms with Gasteiger partial charge in [0.05, 0.1) is 11.0 Å². The maximum Gasteiger partial charge on any atom is 0.355 e. The molecule has 0 aliphatic carbocycles. The highest BCUT2D eigenvalue weighted by atomic mass is 32.2. The monoisotopic (exact) mass is 271 g/mol. The Hall–Kier alpha value is -2.34. The molecule has 0 amide bonds. The van der Waals surface area contributed by atoms with Crippen LogP contribution in [0.25, 0.3) is 11.0 Å². The van der Waals surface area contributed by atoms with Gasteiger partial charge >= 0.3 is 5.97 Å². The maximum absolute atomic E-state index is 11.1. The summed E-state index contributed by atoms with van der Waals surface area (Å²) in [5.41, 5.74) is 1.81. The van der Waals surface area contributed by atoms with Crippen molar-refractivity contribution >= 4 is 28.8 Å². The topological polar surface area (TPSA) is 78.9 Å². The highest BCUT2D eigenvalue weighted by Crippen LogP contribution is 2.28. The summed E-state index contributed by atoms with van der Waals surface area (Å²) < 4.78 is 0. The largest absolute Gasteiger partial charge is 0.476 e. The van der Waals surface area contributed by atoms with Crippen LogP contribution in [0.1, 0.15) is 10.5 Å². The molecule has 2 heterocycles. The number of carbonyl (C=O) groups is 1. The van der Waals surface area contributed by atoms with E-state index in [4.69, 9.17) is 5.11 Å². The summed E-state index contributed by atoms with van der Waals surface area (Å²) >= 11 is 1.26. The first kappa shape index (κ1) is 11.7. The van der Waals surface area contributed by atoms with Crippen LogP contribution >= 0.6 is 11.8 Å².